The highest BCUT2D eigenvalue weighted by Crippen LogP contribution is 2.50. The van der Waals surface area contributed by atoms with E-state index < -0.39 is 11.8 Å². The molecule has 0 spiro atoms. The number of amides is 2. The van der Waals surface area contributed by atoms with Crippen LogP contribution in [0.25, 0.3) is 11.6 Å². The fourth-order valence-electron chi connectivity index (χ4n) is 6.42. The molecule has 1 aromatic heterocycles. The predicted molar refractivity (Wildman–Crippen MR) is 146 cm³/mol. The van der Waals surface area contributed by atoms with Crippen LogP contribution in [0.3, 0.4) is 0 Å². The molecule has 7 heteroatoms. The molecule has 3 aromatic rings. The van der Waals surface area contributed by atoms with Crippen LogP contribution in [0.5, 0.6) is 0 Å². The van der Waals surface area contributed by atoms with Crippen LogP contribution in [0.2, 0.25) is 0 Å². The highest BCUT2D eigenvalue weighted by molar-refractivity contribution is 6.22. The van der Waals surface area contributed by atoms with Crippen molar-refractivity contribution < 1.29 is 29.0 Å². The molecule has 4 atom stereocenters. The number of hydrogen-bond donors (Lipinski definition) is 2. The molecule has 3 heterocycles. The molecule has 2 aliphatic heterocycles. The second-order valence-electron chi connectivity index (χ2n) is 10.4. The second kappa shape index (κ2) is 10.8. The summed E-state index contributed by atoms with van der Waals surface area (Å²) >= 11 is 0. The van der Waals surface area contributed by atoms with Gasteiger partial charge in [0.15, 0.2) is 0 Å². The molecule has 0 saturated carbocycles. The molecule has 200 valence electrons. The second-order valence-corrected chi connectivity index (χ2v) is 10.4. The summed E-state index contributed by atoms with van der Waals surface area (Å²) in [5.41, 5.74) is 4.52. The molecule has 7 nitrogen and oxygen atoms in total. The molecule has 2 aromatic carbocycles. The van der Waals surface area contributed by atoms with E-state index in [0.717, 1.165) is 22.3 Å². The molecule has 39 heavy (non-hydrogen) atoms. The van der Waals surface area contributed by atoms with Crippen LogP contribution in [0.15, 0.2) is 88.4 Å². The molecule has 2 amide bonds. The third-order valence-electron chi connectivity index (χ3n) is 8.19. The van der Waals surface area contributed by atoms with Crippen molar-refractivity contribution >= 4 is 29.2 Å². The normalized spacial score (nSPS) is 24.9. The van der Waals surface area contributed by atoms with Gasteiger partial charge in [0, 0.05) is 5.92 Å². The fraction of sp³-hybridized carbons (Fsp3) is 0.312. The van der Waals surface area contributed by atoms with E-state index in [0.29, 0.717) is 43.1 Å². The van der Waals surface area contributed by atoms with Gasteiger partial charge in [0.1, 0.15) is 18.1 Å². The lowest BCUT2D eigenvalue weighted by Gasteiger charge is -2.31. The van der Waals surface area contributed by atoms with Crippen molar-refractivity contribution in [3.05, 3.63) is 101 Å². The molecule has 1 aliphatic carbocycles. The highest BCUT2D eigenvalue weighted by atomic mass is 16.5. The molecule has 0 unspecified atom stereocenters. The van der Waals surface area contributed by atoms with Crippen LogP contribution in [0, 0.1) is 17.8 Å². The molecule has 2 saturated heterocycles. The first-order valence-corrected chi connectivity index (χ1v) is 13.4. The zero-order valence-corrected chi connectivity index (χ0v) is 21.5. The van der Waals surface area contributed by atoms with Gasteiger partial charge in [0.05, 0.1) is 36.8 Å². The standard InChI is InChI=1S/C32H31NO6/c34-17-22-16-26-30(32(37)33(31(26)36)23-9-5-2-6-10-23)27-19-38-28(29(22)27)14-11-21(20-7-3-1-4-8-20)15-24-12-13-25(18-35)39-24/h1-10,12-13,15,26-28,30,34-35H,11,14,16-19H2/b21-15-/t26-,27+,28-,30-/m1/s1. The maximum absolute atomic E-state index is 13.6. The van der Waals surface area contributed by atoms with Gasteiger partial charge in [-0.1, -0.05) is 48.5 Å². The predicted octanol–water partition coefficient (Wildman–Crippen LogP) is 4.61. The number of para-hydroxylation sites is 1. The van der Waals surface area contributed by atoms with Gasteiger partial charge >= 0.3 is 0 Å². The summed E-state index contributed by atoms with van der Waals surface area (Å²) in [5, 5.41) is 19.7. The molecule has 2 N–H and O–H groups in total. The Morgan fingerprint density at radius 3 is 2.33 bits per heavy atom. The summed E-state index contributed by atoms with van der Waals surface area (Å²) in [6.07, 6.45) is 3.44. The maximum Gasteiger partial charge on any atom is 0.238 e. The van der Waals surface area contributed by atoms with E-state index >= 15 is 0 Å². The SMILES string of the molecule is O=C1[C@@H]2[C@@H](CC(CO)=C3[C@@H](CC/C(=C/c4ccc(CO)o4)c4ccccc4)OC[C@@H]32)C(=O)N1c1ccccc1. The number of carbonyl (C=O) groups excluding carboxylic acids is 2. The number of benzene rings is 2. The van der Waals surface area contributed by atoms with Crippen molar-refractivity contribution in [3.8, 4) is 0 Å². The van der Waals surface area contributed by atoms with Crippen LogP contribution in [-0.2, 0) is 20.9 Å². The van der Waals surface area contributed by atoms with E-state index in [2.05, 4.69) is 0 Å². The Morgan fingerprint density at radius 1 is 0.897 bits per heavy atom. The van der Waals surface area contributed by atoms with Crippen molar-refractivity contribution in [1.82, 2.24) is 0 Å². The third-order valence-corrected chi connectivity index (χ3v) is 8.19. The van der Waals surface area contributed by atoms with Gasteiger partial charge in [-0.25, -0.2) is 0 Å². The van der Waals surface area contributed by atoms with Gasteiger partial charge < -0.3 is 19.4 Å². The van der Waals surface area contributed by atoms with Gasteiger partial charge in [-0.15, -0.1) is 0 Å². The molecular formula is C32H31NO6. The molecule has 0 bridgehead atoms. The first kappa shape index (κ1) is 25.5. The van der Waals surface area contributed by atoms with E-state index in [1.807, 2.05) is 60.7 Å². The number of allylic oxidation sites excluding steroid dienone is 1. The Labute approximate surface area is 227 Å². The average molecular weight is 526 g/mol. The summed E-state index contributed by atoms with van der Waals surface area (Å²) in [4.78, 5) is 28.3. The summed E-state index contributed by atoms with van der Waals surface area (Å²) < 4.78 is 12.0. The van der Waals surface area contributed by atoms with Crippen LogP contribution in [-0.4, -0.2) is 41.3 Å². The average Bonchev–Trinajstić information content (AvgIpc) is 3.68. The Balaban J connectivity index is 1.26. The van der Waals surface area contributed by atoms with Gasteiger partial charge in [0.25, 0.3) is 0 Å². The number of anilines is 1. The Bertz CT molecular complexity index is 1420. The number of furan rings is 1. The summed E-state index contributed by atoms with van der Waals surface area (Å²) in [6.45, 7) is 0.0448. The van der Waals surface area contributed by atoms with Crippen LogP contribution < -0.4 is 4.90 Å². The third kappa shape index (κ3) is 4.67. The van der Waals surface area contributed by atoms with Gasteiger partial charge in [-0.2, -0.15) is 0 Å². The number of fused-ring (bicyclic) bond motifs is 3. The van der Waals surface area contributed by atoms with Crippen molar-refractivity contribution in [2.24, 2.45) is 17.8 Å². The van der Waals surface area contributed by atoms with E-state index in [1.165, 1.54) is 4.90 Å². The lowest BCUT2D eigenvalue weighted by atomic mass is 9.69. The van der Waals surface area contributed by atoms with Gasteiger partial charge in [-0.05, 0) is 71.9 Å². The Kier molecular flexibility index (Phi) is 7.04. The number of aliphatic hydroxyl groups is 2. The minimum atomic E-state index is -0.476. The monoisotopic (exact) mass is 525 g/mol. The minimum Gasteiger partial charge on any atom is -0.459 e. The number of nitrogens with zero attached hydrogens (tertiary/aromatic N) is 1. The summed E-state index contributed by atoms with van der Waals surface area (Å²) in [7, 11) is 0. The molecule has 0 radical (unpaired) electrons. The summed E-state index contributed by atoms with van der Waals surface area (Å²) in [6, 6.07) is 22.7. The quantitative estimate of drug-likeness (QED) is 0.329. The largest absolute Gasteiger partial charge is 0.459 e. The molecular weight excluding hydrogens is 494 g/mol. The number of ether oxygens (including phenoxy) is 1. The smallest absolute Gasteiger partial charge is 0.238 e. The number of aliphatic hydroxyl groups excluding tert-OH is 2. The highest BCUT2D eigenvalue weighted by Gasteiger charge is 2.57. The molecule has 2 fully saturated rings. The van der Waals surface area contributed by atoms with E-state index in [-0.39, 0.29) is 37.0 Å². The first-order valence-electron chi connectivity index (χ1n) is 13.4. The van der Waals surface area contributed by atoms with Crippen molar-refractivity contribution in [1.29, 1.82) is 0 Å². The van der Waals surface area contributed by atoms with Gasteiger partial charge in [-0.3, -0.25) is 14.5 Å². The number of hydrogen-bond acceptors (Lipinski definition) is 6. The van der Waals surface area contributed by atoms with Crippen LogP contribution in [0.1, 0.15) is 36.3 Å². The molecule has 6 rings (SSSR count). The van der Waals surface area contributed by atoms with Crippen molar-refractivity contribution in [3.63, 3.8) is 0 Å². The van der Waals surface area contributed by atoms with Crippen LogP contribution >= 0.6 is 0 Å². The van der Waals surface area contributed by atoms with Gasteiger partial charge in [0.2, 0.25) is 11.8 Å². The number of imide groups is 1. The maximum atomic E-state index is 13.6. The topological polar surface area (TPSA) is 100 Å². The Morgan fingerprint density at radius 2 is 1.64 bits per heavy atom. The van der Waals surface area contributed by atoms with Crippen molar-refractivity contribution in [2.75, 3.05) is 18.1 Å². The minimum absolute atomic E-state index is 0.153. The zero-order chi connectivity index (χ0) is 26.9. The van der Waals surface area contributed by atoms with Crippen molar-refractivity contribution in [2.45, 2.75) is 32.0 Å². The first-order chi connectivity index (χ1) is 19.1. The number of carbonyl (C=O) groups is 2. The van der Waals surface area contributed by atoms with E-state index in [9.17, 15) is 19.8 Å². The zero-order valence-electron chi connectivity index (χ0n) is 21.5. The lowest BCUT2D eigenvalue weighted by molar-refractivity contribution is -0.122. The number of rotatable bonds is 8. The summed E-state index contributed by atoms with van der Waals surface area (Å²) in [5.74, 6) is -0.377. The van der Waals surface area contributed by atoms with E-state index in [4.69, 9.17) is 9.15 Å². The van der Waals surface area contributed by atoms with Crippen LogP contribution in [0.4, 0.5) is 5.69 Å². The molecule has 3 aliphatic rings. The lowest BCUT2D eigenvalue weighted by Crippen LogP contribution is -2.35. The Hall–Kier alpha value is -3.78. The fourth-order valence-corrected chi connectivity index (χ4v) is 6.42. The van der Waals surface area contributed by atoms with E-state index in [1.54, 1.807) is 18.2 Å².